The Morgan fingerprint density at radius 1 is 1.14 bits per heavy atom. The normalized spacial score (nSPS) is 11.4. The second-order valence-electron chi connectivity index (χ2n) is 6.27. The van der Waals surface area contributed by atoms with Crippen molar-refractivity contribution in [2.75, 3.05) is 11.6 Å². The molecule has 0 spiro atoms. The van der Waals surface area contributed by atoms with Crippen LogP contribution in [0.1, 0.15) is 26.4 Å². The summed E-state index contributed by atoms with van der Waals surface area (Å²) in [7, 11) is -3.11. The minimum absolute atomic E-state index is 0.0575. The van der Waals surface area contributed by atoms with Crippen LogP contribution in [0.4, 0.5) is 5.13 Å². The first kappa shape index (κ1) is 20.8. The summed E-state index contributed by atoms with van der Waals surface area (Å²) in [6.45, 7) is 0. The van der Waals surface area contributed by atoms with Crippen LogP contribution in [0.25, 0.3) is 0 Å². The molecule has 1 heterocycles. The van der Waals surface area contributed by atoms with Crippen molar-refractivity contribution in [3.8, 4) is 0 Å². The highest BCUT2D eigenvalue weighted by atomic mass is 35.5. The molecule has 0 radical (unpaired) electrons. The molecular formula is C19H16Cl2N2O3S2. The number of benzene rings is 2. The van der Waals surface area contributed by atoms with Crippen molar-refractivity contribution in [2.45, 2.75) is 12.2 Å². The summed E-state index contributed by atoms with van der Waals surface area (Å²) in [5.74, 6) is -0.366. The Bertz CT molecular complexity index is 1110. The summed E-state index contributed by atoms with van der Waals surface area (Å²) < 4.78 is 22.7. The molecule has 3 aromatic rings. The van der Waals surface area contributed by atoms with Crippen molar-refractivity contribution >= 4 is 55.4 Å². The number of halogens is 2. The standard InChI is InChI=1S/C19H16Cl2N2O3S2/c1-28(25,26)11-12-2-4-13(5-3-12)18(24)23-19-22-10-16(27-19)8-14-6-7-15(20)9-17(14)21/h2-7,9-10H,8,11H2,1H3,(H,22,23,24). The molecule has 146 valence electrons. The van der Waals surface area contributed by atoms with Gasteiger partial charge in [-0.15, -0.1) is 11.3 Å². The predicted molar refractivity (Wildman–Crippen MR) is 114 cm³/mol. The van der Waals surface area contributed by atoms with Gasteiger partial charge >= 0.3 is 0 Å². The molecule has 0 atom stereocenters. The number of sulfone groups is 1. The molecule has 1 N–H and O–H groups in total. The Hall–Kier alpha value is -1.93. The Balaban J connectivity index is 1.65. The quantitative estimate of drug-likeness (QED) is 0.577. The van der Waals surface area contributed by atoms with Crippen molar-refractivity contribution in [1.82, 2.24) is 4.98 Å². The molecule has 3 rings (SSSR count). The van der Waals surface area contributed by atoms with E-state index in [2.05, 4.69) is 10.3 Å². The van der Waals surface area contributed by atoms with Gasteiger partial charge in [-0.1, -0.05) is 41.4 Å². The first-order chi connectivity index (χ1) is 13.2. The lowest BCUT2D eigenvalue weighted by Gasteiger charge is -2.04. The summed E-state index contributed by atoms with van der Waals surface area (Å²) in [5.41, 5.74) is 1.99. The third-order valence-corrected chi connectivity index (χ3v) is 6.16. The number of anilines is 1. The Morgan fingerprint density at radius 3 is 2.50 bits per heavy atom. The second-order valence-corrected chi connectivity index (χ2v) is 10.4. The number of hydrogen-bond donors (Lipinski definition) is 1. The van der Waals surface area contributed by atoms with E-state index in [4.69, 9.17) is 23.2 Å². The average molecular weight is 455 g/mol. The molecule has 0 aliphatic heterocycles. The van der Waals surface area contributed by atoms with Gasteiger partial charge in [0.05, 0.1) is 5.75 Å². The third-order valence-electron chi connectivity index (χ3n) is 3.80. The molecule has 2 aromatic carbocycles. The number of rotatable bonds is 6. The highest BCUT2D eigenvalue weighted by Gasteiger charge is 2.12. The van der Waals surface area contributed by atoms with Crippen LogP contribution < -0.4 is 5.32 Å². The van der Waals surface area contributed by atoms with Crippen LogP contribution in [-0.2, 0) is 22.0 Å². The number of carbonyl (C=O) groups excluding carboxylic acids is 1. The lowest BCUT2D eigenvalue weighted by Crippen LogP contribution is -2.11. The average Bonchev–Trinajstić information content (AvgIpc) is 3.03. The van der Waals surface area contributed by atoms with Crippen LogP contribution in [0, 0.1) is 0 Å². The first-order valence-corrected chi connectivity index (χ1v) is 11.8. The summed E-state index contributed by atoms with van der Waals surface area (Å²) in [6.07, 6.45) is 3.45. The van der Waals surface area contributed by atoms with E-state index in [-0.39, 0.29) is 11.7 Å². The van der Waals surface area contributed by atoms with Crippen molar-refractivity contribution in [2.24, 2.45) is 0 Å². The minimum Gasteiger partial charge on any atom is -0.298 e. The highest BCUT2D eigenvalue weighted by molar-refractivity contribution is 7.89. The molecule has 0 bridgehead atoms. The van der Waals surface area contributed by atoms with Gasteiger partial charge in [0.15, 0.2) is 15.0 Å². The van der Waals surface area contributed by atoms with E-state index < -0.39 is 9.84 Å². The van der Waals surface area contributed by atoms with Gasteiger partial charge in [0, 0.05) is 39.4 Å². The van der Waals surface area contributed by atoms with E-state index in [1.54, 1.807) is 42.6 Å². The summed E-state index contributed by atoms with van der Waals surface area (Å²) >= 11 is 13.5. The lowest BCUT2D eigenvalue weighted by molar-refractivity contribution is 0.102. The molecule has 1 amide bonds. The van der Waals surface area contributed by atoms with E-state index in [1.807, 2.05) is 6.07 Å². The Labute approximate surface area is 177 Å². The molecule has 0 saturated heterocycles. The molecule has 5 nitrogen and oxygen atoms in total. The summed E-state index contributed by atoms with van der Waals surface area (Å²) in [5, 5.41) is 4.39. The van der Waals surface area contributed by atoms with E-state index in [0.29, 0.717) is 32.7 Å². The molecule has 0 saturated carbocycles. The predicted octanol–water partition coefficient (Wildman–Crippen LogP) is 4.84. The Morgan fingerprint density at radius 2 is 1.86 bits per heavy atom. The molecule has 0 aliphatic carbocycles. The van der Waals surface area contributed by atoms with Crippen LogP contribution in [-0.4, -0.2) is 25.6 Å². The van der Waals surface area contributed by atoms with Crippen LogP contribution >= 0.6 is 34.5 Å². The van der Waals surface area contributed by atoms with E-state index in [0.717, 1.165) is 10.4 Å². The molecule has 1 aromatic heterocycles. The van der Waals surface area contributed by atoms with Crippen molar-refractivity contribution < 1.29 is 13.2 Å². The molecular weight excluding hydrogens is 439 g/mol. The van der Waals surface area contributed by atoms with Gasteiger partial charge in [-0.05, 0) is 35.4 Å². The number of nitrogens with one attached hydrogen (secondary N) is 1. The smallest absolute Gasteiger partial charge is 0.257 e. The fourth-order valence-corrected chi connectivity index (χ4v) is 4.63. The molecule has 28 heavy (non-hydrogen) atoms. The number of aromatic nitrogens is 1. The monoisotopic (exact) mass is 454 g/mol. The molecule has 0 fully saturated rings. The number of nitrogens with zero attached hydrogens (tertiary/aromatic N) is 1. The fraction of sp³-hybridized carbons (Fsp3) is 0.158. The van der Waals surface area contributed by atoms with E-state index in [9.17, 15) is 13.2 Å². The lowest BCUT2D eigenvalue weighted by atomic mass is 10.1. The van der Waals surface area contributed by atoms with Gasteiger partial charge in [-0.25, -0.2) is 13.4 Å². The van der Waals surface area contributed by atoms with Crippen molar-refractivity contribution in [3.63, 3.8) is 0 Å². The number of hydrogen-bond acceptors (Lipinski definition) is 5. The van der Waals surface area contributed by atoms with Crippen LogP contribution in [0.2, 0.25) is 10.0 Å². The topological polar surface area (TPSA) is 76.1 Å². The third kappa shape index (κ3) is 5.78. The molecule has 0 unspecified atom stereocenters. The Kier molecular flexibility index (Phi) is 6.40. The van der Waals surface area contributed by atoms with Crippen LogP contribution in [0.3, 0.4) is 0 Å². The summed E-state index contributed by atoms with van der Waals surface area (Å²) in [6, 6.07) is 11.8. The zero-order valence-corrected chi connectivity index (χ0v) is 17.9. The number of thiazole rings is 1. The van der Waals surface area contributed by atoms with E-state index in [1.165, 1.54) is 17.6 Å². The van der Waals surface area contributed by atoms with E-state index >= 15 is 0 Å². The zero-order chi connectivity index (χ0) is 20.3. The maximum Gasteiger partial charge on any atom is 0.257 e. The van der Waals surface area contributed by atoms with Gasteiger partial charge in [-0.2, -0.15) is 0 Å². The van der Waals surface area contributed by atoms with Gasteiger partial charge in [0.25, 0.3) is 5.91 Å². The number of amides is 1. The largest absolute Gasteiger partial charge is 0.298 e. The maximum atomic E-state index is 12.4. The van der Waals surface area contributed by atoms with Gasteiger partial charge in [0.2, 0.25) is 0 Å². The van der Waals surface area contributed by atoms with Gasteiger partial charge in [-0.3, -0.25) is 10.1 Å². The van der Waals surface area contributed by atoms with Crippen molar-refractivity contribution in [3.05, 3.63) is 80.3 Å². The second kappa shape index (κ2) is 8.61. The minimum atomic E-state index is -3.11. The van der Waals surface area contributed by atoms with Gasteiger partial charge in [0.1, 0.15) is 0 Å². The highest BCUT2D eigenvalue weighted by Crippen LogP contribution is 2.27. The van der Waals surface area contributed by atoms with Crippen LogP contribution in [0.15, 0.2) is 48.7 Å². The SMILES string of the molecule is CS(=O)(=O)Cc1ccc(C(=O)Nc2ncc(Cc3ccc(Cl)cc3Cl)s2)cc1. The molecule has 9 heteroatoms. The number of carbonyl (C=O) groups is 1. The van der Waals surface area contributed by atoms with Gasteiger partial charge < -0.3 is 0 Å². The first-order valence-electron chi connectivity index (χ1n) is 8.16. The summed E-state index contributed by atoms with van der Waals surface area (Å²) in [4.78, 5) is 17.5. The van der Waals surface area contributed by atoms with Crippen LogP contribution in [0.5, 0.6) is 0 Å². The zero-order valence-electron chi connectivity index (χ0n) is 14.8. The molecule has 0 aliphatic rings. The maximum absolute atomic E-state index is 12.4. The fourth-order valence-electron chi connectivity index (χ4n) is 2.52. The van der Waals surface area contributed by atoms with Crippen molar-refractivity contribution in [1.29, 1.82) is 0 Å².